The molecule has 0 aromatic heterocycles. The SMILES string of the molecule is COCc1cccc(CNCC(/C(N)=N/O)C(F)(F)F)c1. The molecule has 1 atom stereocenters. The highest BCUT2D eigenvalue weighted by molar-refractivity contribution is 5.83. The normalized spacial score (nSPS) is 14.2. The molecule has 0 saturated heterocycles. The maximum absolute atomic E-state index is 12.7. The van der Waals surface area contributed by atoms with Crippen molar-refractivity contribution in [1.82, 2.24) is 5.32 Å². The van der Waals surface area contributed by atoms with Crippen LogP contribution in [-0.2, 0) is 17.9 Å². The molecule has 0 heterocycles. The number of nitrogens with zero attached hydrogens (tertiary/aromatic N) is 1. The maximum atomic E-state index is 12.7. The van der Waals surface area contributed by atoms with Gasteiger partial charge in [0.15, 0.2) is 5.84 Å². The summed E-state index contributed by atoms with van der Waals surface area (Å²) in [6.07, 6.45) is -4.57. The van der Waals surface area contributed by atoms with Crippen molar-refractivity contribution in [2.45, 2.75) is 19.3 Å². The van der Waals surface area contributed by atoms with Crippen molar-refractivity contribution in [3.8, 4) is 0 Å². The second kappa shape index (κ2) is 7.84. The molecular formula is C13H18F3N3O2. The van der Waals surface area contributed by atoms with Crippen LogP contribution in [0.4, 0.5) is 13.2 Å². The Morgan fingerprint density at radius 2 is 2.10 bits per heavy atom. The molecule has 0 fully saturated rings. The fraction of sp³-hybridized carbons (Fsp3) is 0.462. The van der Waals surface area contributed by atoms with E-state index in [0.717, 1.165) is 11.1 Å². The molecule has 0 aliphatic heterocycles. The highest BCUT2D eigenvalue weighted by Gasteiger charge is 2.42. The quantitative estimate of drug-likeness (QED) is 0.311. The Morgan fingerprint density at radius 3 is 2.67 bits per heavy atom. The van der Waals surface area contributed by atoms with Crippen molar-refractivity contribution in [2.24, 2.45) is 16.8 Å². The Bertz CT molecular complexity index is 478. The van der Waals surface area contributed by atoms with E-state index in [2.05, 4.69) is 10.5 Å². The molecule has 0 amide bonds. The molecule has 4 N–H and O–H groups in total. The molecule has 1 rings (SSSR count). The van der Waals surface area contributed by atoms with Gasteiger partial charge in [0, 0.05) is 20.2 Å². The first-order valence-electron chi connectivity index (χ1n) is 6.20. The Hall–Kier alpha value is -1.80. The minimum atomic E-state index is -4.57. The van der Waals surface area contributed by atoms with Gasteiger partial charge in [-0.3, -0.25) is 0 Å². The maximum Gasteiger partial charge on any atom is 0.400 e. The lowest BCUT2D eigenvalue weighted by molar-refractivity contribution is -0.154. The summed E-state index contributed by atoms with van der Waals surface area (Å²) in [7, 11) is 1.57. The van der Waals surface area contributed by atoms with Gasteiger partial charge in [-0.15, -0.1) is 0 Å². The predicted molar refractivity (Wildman–Crippen MR) is 71.8 cm³/mol. The summed E-state index contributed by atoms with van der Waals surface area (Å²) in [5.41, 5.74) is 6.83. The number of benzene rings is 1. The van der Waals surface area contributed by atoms with Crippen LogP contribution in [0.2, 0.25) is 0 Å². The van der Waals surface area contributed by atoms with Gasteiger partial charge in [0.25, 0.3) is 0 Å². The number of oxime groups is 1. The molecule has 0 spiro atoms. The van der Waals surface area contributed by atoms with Gasteiger partial charge in [-0.25, -0.2) is 0 Å². The second-order valence-corrected chi connectivity index (χ2v) is 4.50. The number of methoxy groups -OCH3 is 1. The van der Waals surface area contributed by atoms with E-state index >= 15 is 0 Å². The molecule has 0 aliphatic rings. The minimum Gasteiger partial charge on any atom is -0.409 e. The van der Waals surface area contributed by atoms with E-state index in [-0.39, 0.29) is 6.54 Å². The molecule has 118 valence electrons. The average Bonchev–Trinajstić information content (AvgIpc) is 2.42. The third-order valence-corrected chi connectivity index (χ3v) is 2.85. The standard InChI is InChI=1S/C13H18F3N3O2/c1-21-8-10-4-2-3-9(5-10)6-18-7-11(12(17)19-20)13(14,15)16/h2-5,11,18,20H,6-8H2,1H3,(H2,17,19). The van der Waals surface area contributed by atoms with Gasteiger partial charge >= 0.3 is 6.18 Å². The number of amidine groups is 1. The van der Waals surface area contributed by atoms with Crippen molar-refractivity contribution in [2.75, 3.05) is 13.7 Å². The molecule has 1 aromatic carbocycles. The van der Waals surface area contributed by atoms with Crippen LogP contribution < -0.4 is 11.1 Å². The molecule has 1 aromatic rings. The van der Waals surface area contributed by atoms with E-state index < -0.39 is 24.5 Å². The number of hydrogen-bond donors (Lipinski definition) is 3. The first-order chi connectivity index (χ1) is 9.88. The van der Waals surface area contributed by atoms with E-state index in [1.165, 1.54) is 0 Å². The highest BCUT2D eigenvalue weighted by Crippen LogP contribution is 2.25. The lowest BCUT2D eigenvalue weighted by Crippen LogP contribution is -2.42. The lowest BCUT2D eigenvalue weighted by Gasteiger charge is -2.19. The van der Waals surface area contributed by atoms with Crippen molar-refractivity contribution in [3.05, 3.63) is 35.4 Å². The van der Waals surface area contributed by atoms with Crippen molar-refractivity contribution in [3.63, 3.8) is 0 Å². The van der Waals surface area contributed by atoms with Crippen LogP contribution in [-0.4, -0.2) is 30.9 Å². The largest absolute Gasteiger partial charge is 0.409 e. The first kappa shape index (κ1) is 17.3. The third-order valence-electron chi connectivity index (χ3n) is 2.85. The Kier molecular flexibility index (Phi) is 6.44. The average molecular weight is 305 g/mol. The minimum absolute atomic E-state index is 0.239. The van der Waals surface area contributed by atoms with E-state index in [1.54, 1.807) is 19.2 Å². The van der Waals surface area contributed by atoms with Crippen LogP contribution >= 0.6 is 0 Å². The zero-order valence-electron chi connectivity index (χ0n) is 11.5. The molecule has 21 heavy (non-hydrogen) atoms. The van der Waals surface area contributed by atoms with Gasteiger partial charge in [-0.1, -0.05) is 29.4 Å². The zero-order chi connectivity index (χ0) is 15.9. The van der Waals surface area contributed by atoms with Crippen LogP contribution in [0.1, 0.15) is 11.1 Å². The third kappa shape index (κ3) is 5.60. The number of nitrogens with two attached hydrogens (primary N) is 1. The van der Waals surface area contributed by atoms with Crippen molar-refractivity contribution >= 4 is 5.84 Å². The molecule has 0 saturated carbocycles. The summed E-state index contributed by atoms with van der Waals surface area (Å²) in [5.74, 6) is -2.88. The number of ether oxygens (including phenoxy) is 1. The number of rotatable bonds is 7. The van der Waals surface area contributed by atoms with Gasteiger partial charge in [-0.2, -0.15) is 13.2 Å². The van der Waals surface area contributed by atoms with E-state index in [1.807, 2.05) is 12.1 Å². The summed E-state index contributed by atoms with van der Waals surface area (Å²) in [5, 5.41) is 13.5. The molecule has 0 bridgehead atoms. The second-order valence-electron chi connectivity index (χ2n) is 4.50. The predicted octanol–water partition coefficient (Wildman–Crippen LogP) is 1.85. The molecule has 5 nitrogen and oxygen atoms in total. The topological polar surface area (TPSA) is 79.9 Å². The Morgan fingerprint density at radius 1 is 1.43 bits per heavy atom. The summed E-state index contributed by atoms with van der Waals surface area (Å²) in [4.78, 5) is 0. The van der Waals surface area contributed by atoms with Crippen LogP contribution in [0.15, 0.2) is 29.4 Å². The fourth-order valence-corrected chi connectivity index (χ4v) is 1.81. The van der Waals surface area contributed by atoms with Gasteiger partial charge in [0.1, 0.15) is 5.92 Å². The highest BCUT2D eigenvalue weighted by atomic mass is 19.4. The fourth-order valence-electron chi connectivity index (χ4n) is 1.81. The van der Waals surface area contributed by atoms with Crippen LogP contribution in [0, 0.1) is 5.92 Å². The van der Waals surface area contributed by atoms with Crippen LogP contribution in [0.5, 0.6) is 0 Å². The zero-order valence-corrected chi connectivity index (χ0v) is 11.5. The molecule has 0 radical (unpaired) electrons. The van der Waals surface area contributed by atoms with Crippen LogP contribution in [0.25, 0.3) is 0 Å². The number of halogens is 3. The summed E-state index contributed by atoms with van der Waals surface area (Å²) >= 11 is 0. The number of alkyl halides is 3. The summed E-state index contributed by atoms with van der Waals surface area (Å²) < 4.78 is 43.1. The molecular weight excluding hydrogens is 287 g/mol. The van der Waals surface area contributed by atoms with E-state index in [0.29, 0.717) is 6.61 Å². The lowest BCUT2D eigenvalue weighted by atomic mass is 10.1. The van der Waals surface area contributed by atoms with E-state index in [4.69, 9.17) is 15.7 Å². The smallest absolute Gasteiger partial charge is 0.400 e. The monoisotopic (exact) mass is 305 g/mol. The Labute approximate surface area is 120 Å². The van der Waals surface area contributed by atoms with Gasteiger partial charge in [-0.05, 0) is 11.1 Å². The number of hydrogen-bond acceptors (Lipinski definition) is 4. The van der Waals surface area contributed by atoms with Crippen molar-refractivity contribution in [1.29, 1.82) is 0 Å². The van der Waals surface area contributed by atoms with Gasteiger partial charge in [0.2, 0.25) is 0 Å². The van der Waals surface area contributed by atoms with Crippen molar-refractivity contribution < 1.29 is 23.1 Å². The molecule has 0 aliphatic carbocycles. The molecule has 1 unspecified atom stereocenters. The Balaban J connectivity index is 2.60. The van der Waals surface area contributed by atoms with Gasteiger partial charge in [0.05, 0.1) is 6.61 Å². The van der Waals surface area contributed by atoms with Crippen LogP contribution in [0.3, 0.4) is 0 Å². The first-order valence-corrected chi connectivity index (χ1v) is 6.20. The summed E-state index contributed by atoms with van der Waals surface area (Å²) in [6, 6.07) is 7.29. The summed E-state index contributed by atoms with van der Waals surface area (Å²) in [6.45, 7) is 0.208. The van der Waals surface area contributed by atoms with Gasteiger partial charge < -0.3 is 21.0 Å². The number of nitrogens with one attached hydrogen (secondary N) is 1. The van der Waals surface area contributed by atoms with E-state index in [9.17, 15) is 13.2 Å². The molecule has 8 heteroatoms.